The van der Waals surface area contributed by atoms with Gasteiger partial charge in [-0.3, -0.25) is 14.0 Å². The lowest BCUT2D eigenvalue weighted by Crippen LogP contribution is -2.26. The van der Waals surface area contributed by atoms with Crippen LogP contribution in [0.15, 0.2) is 48.0 Å². The highest BCUT2D eigenvalue weighted by molar-refractivity contribution is 7.19. The summed E-state index contributed by atoms with van der Waals surface area (Å²) in [7, 11) is 0. The fourth-order valence-corrected chi connectivity index (χ4v) is 4.08. The highest BCUT2D eigenvalue weighted by Gasteiger charge is 2.19. The molecule has 1 atom stereocenters. The van der Waals surface area contributed by atoms with Crippen LogP contribution in [0.4, 0.5) is 4.39 Å². The fourth-order valence-electron chi connectivity index (χ4n) is 3.08. The molecule has 0 fully saturated rings. The smallest absolute Gasteiger partial charge is 0.263 e. The zero-order valence-electron chi connectivity index (χ0n) is 14.3. The van der Waals surface area contributed by atoms with Crippen molar-refractivity contribution in [2.75, 3.05) is 0 Å². The molecule has 132 valence electrons. The van der Waals surface area contributed by atoms with Gasteiger partial charge in [0.1, 0.15) is 23.3 Å². The second-order valence-corrected chi connectivity index (χ2v) is 7.35. The summed E-state index contributed by atoms with van der Waals surface area (Å²) in [5.41, 5.74) is 1.53. The van der Waals surface area contributed by atoms with Crippen molar-refractivity contribution in [3.8, 4) is 11.1 Å². The lowest BCUT2D eigenvalue weighted by molar-refractivity contribution is 0.425. The Morgan fingerprint density at radius 1 is 1.23 bits per heavy atom. The van der Waals surface area contributed by atoms with Gasteiger partial charge in [0.05, 0.1) is 24.3 Å². The average molecular weight is 369 g/mol. The van der Waals surface area contributed by atoms with E-state index in [0.717, 1.165) is 16.0 Å². The van der Waals surface area contributed by atoms with Gasteiger partial charge in [0, 0.05) is 10.4 Å². The molecule has 1 unspecified atom stereocenters. The second-order valence-electron chi connectivity index (χ2n) is 6.14. The minimum absolute atomic E-state index is 0.105. The summed E-state index contributed by atoms with van der Waals surface area (Å²) in [6.07, 6.45) is 4.66. The molecule has 0 aliphatic heterocycles. The summed E-state index contributed by atoms with van der Waals surface area (Å²) in [6.45, 7) is 4.41. The predicted octanol–water partition coefficient (Wildman–Crippen LogP) is 3.43. The van der Waals surface area contributed by atoms with Crippen molar-refractivity contribution in [3.63, 3.8) is 0 Å². The van der Waals surface area contributed by atoms with Crippen LogP contribution in [0.25, 0.3) is 21.3 Å². The van der Waals surface area contributed by atoms with Gasteiger partial charge < -0.3 is 0 Å². The molecular weight excluding hydrogens is 353 g/mol. The van der Waals surface area contributed by atoms with Crippen LogP contribution in [0.3, 0.4) is 0 Å². The van der Waals surface area contributed by atoms with Gasteiger partial charge in [-0.2, -0.15) is 5.10 Å². The Labute approximate surface area is 152 Å². The lowest BCUT2D eigenvalue weighted by Gasteiger charge is -2.14. The number of hydrogen-bond donors (Lipinski definition) is 0. The van der Waals surface area contributed by atoms with Crippen molar-refractivity contribution in [1.82, 2.24) is 24.3 Å². The maximum atomic E-state index is 13.3. The van der Waals surface area contributed by atoms with Crippen LogP contribution in [0.1, 0.15) is 17.8 Å². The molecule has 1 aromatic carbocycles. The van der Waals surface area contributed by atoms with Gasteiger partial charge in [-0.1, -0.05) is 12.1 Å². The first-order valence-electron chi connectivity index (χ1n) is 8.13. The fraction of sp³-hybridized carbons (Fsp3) is 0.222. The Hall–Kier alpha value is -2.87. The van der Waals surface area contributed by atoms with Gasteiger partial charge in [0.2, 0.25) is 0 Å². The number of benzene rings is 1. The molecule has 3 heterocycles. The van der Waals surface area contributed by atoms with Gasteiger partial charge in [0.15, 0.2) is 0 Å². The summed E-state index contributed by atoms with van der Waals surface area (Å²) in [4.78, 5) is 23.3. The van der Waals surface area contributed by atoms with Crippen molar-refractivity contribution in [3.05, 3.63) is 64.3 Å². The summed E-state index contributed by atoms with van der Waals surface area (Å²) in [5.74, 6) is -0.303. The zero-order valence-corrected chi connectivity index (χ0v) is 15.1. The first kappa shape index (κ1) is 16.6. The molecule has 0 saturated carbocycles. The largest absolute Gasteiger partial charge is 0.294 e. The molecule has 4 rings (SSSR count). The first-order chi connectivity index (χ1) is 12.5. The van der Waals surface area contributed by atoms with Crippen molar-refractivity contribution >= 4 is 21.6 Å². The molecule has 4 aromatic rings. The minimum Gasteiger partial charge on any atom is -0.294 e. The SMILES string of the molecule is Cc1sc2ncn(C(C)Cn3cncn3)c(=O)c2c1-c1ccc(F)cc1. The summed E-state index contributed by atoms with van der Waals surface area (Å²) in [6, 6.07) is 6.06. The van der Waals surface area contributed by atoms with Crippen molar-refractivity contribution in [2.24, 2.45) is 0 Å². The Bertz CT molecular complexity index is 1120. The van der Waals surface area contributed by atoms with Crippen molar-refractivity contribution < 1.29 is 4.39 Å². The predicted molar refractivity (Wildman–Crippen MR) is 98.7 cm³/mol. The van der Waals surface area contributed by atoms with E-state index in [1.54, 1.807) is 34.0 Å². The molecule has 0 spiro atoms. The number of halogens is 1. The van der Waals surface area contributed by atoms with Crippen LogP contribution in [0, 0.1) is 12.7 Å². The van der Waals surface area contributed by atoms with E-state index in [2.05, 4.69) is 15.1 Å². The molecule has 3 aromatic heterocycles. The van der Waals surface area contributed by atoms with E-state index in [4.69, 9.17) is 0 Å². The second kappa shape index (κ2) is 6.45. The maximum absolute atomic E-state index is 13.3. The Morgan fingerprint density at radius 2 is 2.00 bits per heavy atom. The molecule has 0 radical (unpaired) electrons. The average Bonchev–Trinajstić information content (AvgIpc) is 3.23. The lowest BCUT2D eigenvalue weighted by atomic mass is 10.0. The molecule has 6 nitrogen and oxygen atoms in total. The first-order valence-corrected chi connectivity index (χ1v) is 8.95. The number of thiophene rings is 1. The molecule has 0 saturated heterocycles. The van der Waals surface area contributed by atoms with Gasteiger partial charge >= 0.3 is 0 Å². The topological polar surface area (TPSA) is 65.6 Å². The highest BCUT2D eigenvalue weighted by atomic mass is 32.1. The van der Waals surface area contributed by atoms with E-state index < -0.39 is 0 Å². The molecule has 8 heteroatoms. The standard InChI is InChI=1S/C18H16FN5OS/c1-11(7-23-9-20-8-22-23)24-10-21-17-16(18(24)25)15(12(2)26-17)13-3-5-14(19)6-4-13/h3-6,8-11H,7H2,1-2H3. The van der Waals surface area contributed by atoms with Crippen molar-refractivity contribution in [2.45, 2.75) is 26.4 Å². The number of aromatic nitrogens is 5. The van der Waals surface area contributed by atoms with Crippen LogP contribution in [-0.4, -0.2) is 24.3 Å². The third kappa shape index (κ3) is 2.82. The number of aryl methyl sites for hydroxylation is 1. The molecule has 0 aliphatic carbocycles. The van der Waals surface area contributed by atoms with Crippen molar-refractivity contribution in [1.29, 1.82) is 0 Å². The van der Waals surface area contributed by atoms with E-state index in [0.29, 0.717) is 16.8 Å². The number of rotatable bonds is 4. The molecule has 0 N–H and O–H groups in total. The van der Waals surface area contributed by atoms with Crippen LogP contribution in [0.5, 0.6) is 0 Å². The van der Waals surface area contributed by atoms with Crippen LogP contribution in [0.2, 0.25) is 0 Å². The van der Waals surface area contributed by atoms with E-state index in [9.17, 15) is 9.18 Å². The Morgan fingerprint density at radius 3 is 2.69 bits per heavy atom. The Kier molecular flexibility index (Phi) is 4.12. The monoisotopic (exact) mass is 369 g/mol. The summed E-state index contributed by atoms with van der Waals surface area (Å²) in [5, 5.41) is 4.66. The third-order valence-electron chi connectivity index (χ3n) is 4.34. The van der Waals surface area contributed by atoms with Crippen LogP contribution < -0.4 is 5.56 Å². The zero-order chi connectivity index (χ0) is 18.3. The summed E-state index contributed by atoms with van der Waals surface area (Å²) < 4.78 is 16.6. The summed E-state index contributed by atoms with van der Waals surface area (Å²) >= 11 is 1.47. The van der Waals surface area contributed by atoms with E-state index in [-0.39, 0.29) is 17.4 Å². The molecular formula is C18H16FN5OS. The quantitative estimate of drug-likeness (QED) is 0.553. The third-order valence-corrected chi connectivity index (χ3v) is 5.35. The number of fused-ring (bicyclic) bond motifs is 1. The van der Waals surface area contributed by atoms with E-state index in [1.807, 2.05) is 13.8 Å². The van der Waals surface area contributed by atoms with E-state index in [1.165, 1.54) is 29.8 Å². The molecule has 0 aliphatic rings. The van der Waals surface area contributed by atoms with Gasteiger partial charge in [-0.15, -0.1) is 11.3 Å². The van der Waals surface area contributed by atoms with Gasteiger partial charge in [-0.05, 0) is 31.5 Å². The van der Waals surface area contributed by atoms with E-state index >= 15 is 0 Å². The van der Waals surface area contributed by atoms with Gasteiger partial charge in [0.25, 0.3) is 5.56 Å². The van der Waals surface area contributed by atoms with Crippen LogP contribution in [-0.2, 0) is 6.54 Å². The number of nitrogens with zero attached hydrogens (tertiary/aromatic N) is 5. The molecule has 0 amide bonds. The molecule has 26 heavy (non-hydrogen) atoms. The normalized spacial score (nSPS) is 12.6. The Balaban J connectivity index is 1.85. The number of hydrogen-bond acceptors (Lipinski definition) is 5. The minimum atomic E-state index is -0.303. The molecule has 0 bridgehead atoms. The van der Waals surface area contributed by atoms with Gasteiger partial charge in [-0.25, -0.2) is 14.4 Å². The highest BCUT2D eigenvalue weighted by Crippen LogP contribution is 2.35. The van der Waals surface area contributed by atoms with Crippen LogP contribution >= 0.6 is 11.3 Å². The maximum Gasteiger partial charge on any atom is 0.263 e.